The lowest BCUT2D eigenvalue weighted by atomic mass is 9.98. The molecule has 0 fully saturated rings. The third-order valence-electron chi connectivity index (χ3n) is 2.97. The Labute approximate surface area is 108 Å². The summed E-state index contributed by atoms with van der Waals surface area (Å²) in [5.41, 5.74) is 9.18. The van der Waals surface area contributed by atoms with E-state index >= 15 is 0 Å². The number of hydrogen-bond acceptors (Lipinski definition) is 2. The molecule has 92 valence electrons. The van der Waals surface area contributed by atoms with Gasteiger partial charge in [-0.1, -0.05) is 61.2 Å². The van der Waals surface area contributed by atoms with Crippen molar-refractivity contribution in [2.75, 3.05) is 0 Å². The second-order valence-electron chi connectivity index (χ2n) is 4.16. The Morgan fingerprint density at radius 2 is 1.61 bits per heavy atom. The van der Waals surface area contributed by atoms with Gasteiger partial charge in [-0.15, -0.1) is 0 Å². The smallest absolute Gasteiger partial charge is 0.0762 e. The molecule has 0 aliphatic heterocycles. The number of hydrogen-bond donors (Lipinski definition) is 2. The summed E-state index contributed by atoms with van der Waals surface area (Å²) in [5, 5.41) is 3.29. The average Bonchev–Trinajstić information content (AvgIpc) is 2.46. The van der Waals surface area contributed by atoms with Gasteiger partial charge in [0.2, 0.25) is 0 Å². The third-order valence-corrected chi connectivity index (χ3v) is 2.97. The Kier molecular flexibility index (Phi) is 4.15. The molecular formula is C16H18N2. The summed E-state index contributed by atoms with van der Waals surface area (Å²) in [6, 6.07) is 18.8. The average molecular weight is 238 g/mol. The van der Waals surface area contributed by atoms with Crippen molar-refractivity contribution in [3.8, 4) is 0 Å². The van der Waals surface area contributed by atoms with Gasteiger partial charge in [0.15, 0.2) is 0 Å². The zero-order chi connectivity index (χ0) is 12.8. The second kappa shape index (κ2) is 6.03. The van der Waals surface area contributed by atoms with Crippen LogP contribution in [0.5, 0.6) is 0 Å². The Bertz CT molecular complexity index is 488. The van der Waals surface area contributed by atoms with Crippen molar-refractivity contribution in [1.29, 1.82) is 0 Å². The summed E-state index contributed by atoms with van der Waals surface area (Å²) in [6.45, 7) is 4.33. The summed E-state index contributed by atoms with van der Waals surface area (Å²) >= 11 is 0. The summed E-state index contributed by atoms with van der Waals surface area (Å²) in [7, 11) is 0. The zero-order valence-electron chi connectivity index (χ0n) is 10.3. The molecule has 0 radical (unpaired) electrons. The number of nitrogens with one attached hydrogen (secondary N) is 1. The minimum Gasteiger partial charge on any atom is -0.381 e. The van der Waals surface area contributed by atoms with Gasteiger partial charge in [0.1, 0.15) is 0 Å². The van der Waals surface area contributed by atoms with Crippen LogP contribution in [0.1, 0.15) is 22.7 Å². The molecule has 1 atom stereocenters. The van der Waals surface area contributed by atoms with E-state index in [1.54, 1.807) is 6.20 Å². The molecule has 2 aromatic carbocycles. The monoisotopic (exact) mass is 238 g/mol. The molecule has 3 N–H and O–H groups in total. The normalized spacial score (nSPS) is 11.8. The van der Waals surface area contributed by atoms with Crippen molar-refractivity contribution in [2.24, 2.45) is 5.73 Å². The fourth-order valence-electron chi connectivity index (χ4n) is 1.99. The summed E-state index contributed by atoms with van der Waals surface area (Å²) < 4.78 is 0. The number of nitrogens with two attached hydrogens (primary N) is 1. The van der Waals surface area contributed by atoms with Crippen LogP contribution in [0.15, 0.2) is 67.4 Å². The van der Waals surface area contributed by atoms with Gasteiger partial charge in [-0.2, -0.15) is 0 Å². The van der Waals surface area contributed by atoms with E-state index in [4.69, 9.17) is 5.73 Å². The first-order chi connectivity index (χ1) is 8.85. The molecule has 0 aliphatic carbocycles. The predicted octanol–water partition coefficient (Wildman–Crippen LogP) is 2.97. The molecule has 2 heteroatoms. The lowest BCUT2D eigenvalue weighted by Crippen LogP contribution is -2.16. The highest BCUT2D eigenvalue weighted by atomic mass is 14.9. The maximum absolute atomic E-state index is 5.61. The fourth-order valence-corrected chi connectivity index (χ4v) is 1.99. The summed E-state index contributed by atoms with van der Waals surface area (Å²) in [4.78, 5) is 0. The topological polar surface area (TPSA) is 38.0 Å². The van der Waals surface area contributed by atoms with Crippen LogP contribution >= 0.6 is 0 Å². The van der Waals surface area contributed by atoms with Gasteiger partial charge in [-0.25, -0.2) is 0 Å². The molecule has 0 saturated heterocycles. The van der Waals surface area contributed by atoms with Crippen LogP contribution in [0, 0.1) is 0 Å². The Balaban J connectivity index is 2.32. The van der Waals surface area contributed by atoms with Crippen molar-refractivity contribution < 1.29 is 0 Å². The van der Waals surface area contributed by atoms with Gasteiger partial charge < -0.3 is 11.1 Å². The van der Waals surface area contributed by atoms with Crippen LogP contribution in [0.25, 0.3) is 0 Å². The van der Waals surface area contributed by atoms with Crippen molar-refractivity contribution >= 4 is 0 Å². The highest BCUT2D eigenvalue weighted by molar-refractivity contribution is 5.33. The first kappa shape index (κ1) is 12.4. The quantitative estimate of drug-likeness (QED) is 0.840. The Morgan fingerprint density at radius 3 is 2.17 bits per heavy atom. The number of benzene rings is 2. The third kappa shape index (κ3) is 2.79. The van der Waals surface area contributed by atoms with E-state index in [1.807, 2.05) is 18.2 Å². The van der Waals surface area contributed by atoms with E-state index in [9.17, 15) is 0 Å². The molecule has 0 aliphatic rings. The minimum absolute atomic E-state index is 0.135. The van der Waals surface area contributed by atoms with Crippen molar-refractivity contribution in [3.05, 3.63) is 84.1 Å². The summed E-state index contributed by atoms with van der Waals surface area (Å²) in [5.74, 6) is 0. The molecule has 1 unspecified atom stereocenters. The standard InChI is InChI=1S/C16H18N2/c1-2-18-16(14-6-4-3-5-7-14)15-10-8-13(12-17)9-11-15/h2-11,16,18H,1,12,17H2. The molecular weight excluding hydrogens is 220 g/mol. The minimum atomic E-state index is 0.135. The molecule has 0 bridgehead atoms. The van der Waals surface area contributed by atoms with Crippen molar-refractivity contribution in [2.45, 2.75) is 12.6 Å². The molecule has 2 nitrogen and oxygen atoms in total. The maximum atomic E-state index is 5.61. The van der Waals surface area contributed by atoms with Gasteiger partial charge in [-0.05, 0) is 22.9 Å². The van der Waals surface area contributed by atoms with Gasteiger partial charge in [0, 0.05) is 6.54 Å². The van der Waals surface area contributed by atoms with E-state index in [2.05, 4.69) is 48.3 Å². The Hall–Kier alpha value is -2.06. The molecule has 0 saturated carbocycles. The van der Waals surface area contributed by atoms with E-state index in [1.165, 1.54) is 11.1 Å². The SMILES string of the molecule is C=CNC(c1ccccc1)c1ccc(CN)cc1. The van der Waals surface area contributed by atoms with Gasteiger partial charge in [0.05, 0.1) is 6.04 Å². The van der Waals surface area contributed by atoms with Crippen LogP contribution in [-0.4, -0.2) is 0 Å². The molecule has 0 heterocycles. The molecule has 0 amide bonds. The second-order valence-corrected chi connectivity index (χ2v) is 4.16. The van der Waals surface area contributed by atoms with Crippen LogP contribution in [-0.2, 0) is 6.54 Å². The summed E-state index contributed by atoms with van der Waals surface area (Å²) in [6.07, 6.45) is 1.73. The highest BCUT2D eigenvalue weighted by Crippen LogP contribution is 2.22. The highest BCUT2D eigenvalue weighted by Gasteiger charge is 2.11. The fraction of sp³-hybridized carbons (Fsp3) is 0.125. The van der Waals surface area contributed by atoms with Crippen molar-refractivity contribution in [1.82, 2.24) is 5.32 Å². The van der Waals surface area contributed by atoms with Gasteiger partial charge in [-0.3, -0.25) is 0 Å². The van der Waals surface area contributed by atoms with Crippen molar-refractivity contribution in [3.63, 3.8) is 0 Å². The zero-order valence-corrected chi connectivity index (χ0v) is 10.3. The maximum Gasteiger partial charge on any atom is 0.0762 e. The first-order valence-electron chi connectivity index (χ1n) is 6.06. The number of rotatable bonds is 5. The van der Waals surface area contributed by atoms with E-state index < -0.39 is 0 Å². The molecule has 18 heavy (non-hydrogen) atoms. The largest absolute Gasteiger partial charge is 0.381 e. The van der Waals surface area contributed by atoms with Crippen LogP contribution in [0.4, 0.5) is 0 Å². The van der Waals surface area contributed by atoms with E-state index in [0.717, 1.165) is 5.56 Å². The van der Waals surface area contributed by atoms with Gasteiger partial charge in [0.25, 0.3) is 0 Å². The molecule has 2 aromatic rings. The molecule has 0 spiro atoms. The van der Waals surface area contributed by atoms with E-state index in [-0.39, 0.29) is 6.04 Å². The van der Waals surface area contributed by atoms with Crippen LogP contribution < -0.4 is 11.1 Å². The van der Waals surface area contributed by atoms with Gasteiger partial charge >= 0.3 is 0 Å². The predicted molar refractivity (Wildman–Crippen MR) is 76.0 cm³/mol. The van der Waals surface area contributed by atoms with Crippen LogP contribution in [0.3, 0.4) is 0 Å². The first-order valence-corrected chi connectivity index (χ1v) is 6.06. The van der Waals surface area contributed by atoms with E-state index in [0.29, 0.717) is 6.54 Å². The molecule has 2 rings (SSSR count). The Morgan fingerprint density at radius 1 is 1.00 bits per heavy atom. The lowest BCUT2D eigenvalue weighted by Gasteiger charge is -2.18. The lowest BCUT2D eigenvalue weighted by molar-refractivity contribution is 0.730. The van der Waals surface area contributed by atoms with Crippen LogP contribution in [0.2, 0.25) is 0 Å². The molecule has 0 aromatic heterocycles.